The molecule has 17 heavy (non-hydrogen) atoms. The Morgan fingerprint density at radius 3 is 2.71 bits per heavy atom. The molecule has 0 fully saturated rings. The summed E-state index contributed by atoms with van der Waals surface area (Å²) in [5, 5.41) is 3.07. The van der Waals surface area contributed by atoms with Gasteiger partial charge in [-0.05, 0) is 32.9 Å². The lowest BCUT2D eigenvalue weighted by Crippen LogP contribution is -2.21. The summed E-state index contributed by atoms with van der Waals surface area (Å²) in [6.45, 7) is 7.81. The van der Waals surface area contributed by atoms with Crippen LogP contribution in [0.15, 0.2) is 18.3 Å². The van der Waals surface area contributed by atoms with Crippen molar-refractivity contribution in [1.82, 2.24) is 4.98 Å². The van der Waals surface area contributed by atoms with Gasteiger partial charge in [-0.3, -0.25) is 4.98 Å². The molecular formula is C13H22N2O2. The Hall–Kier alpha value is -1.13. The predicted octanol–water partition coefficient (Wildman–Crippen LogP) is 2.46. The molecule has 0 saturated carbocycles. The van der Waals surface area contributed by atoms with Crippen LogP contribution in [0, 0.1) is 0 Å². The van der Waals surface area contributed by atoms with E-state index in [9.17, 15) is 0 Å². The number of pyridine rings is 1. The van der Waals surface area contributed by atoms with Crippen LogP contribution >= 0.6 is 0 Å². The Morgan fingerprint density at radius 2 is 2.06 bits per heavy atom. The van der Waals surface area contributed by atoms with E-state index in [2.05, 4.69) is 10.3 Å². The smallest absolute Gasteiger partial charge is 0.0889 e. The van der Waals surface area contributed by atoms with Gasteiger partial charge in [0.1, 0.15) is 0 Å². The molecule has 1 rings (SSSR count). The summed E-state index contributed by atoms with van der Waals surface area (Å²) < 4.78 is 11.1. The largest absolute Gasteiger partial charge is 0.388 e. The van der Waals surface area contributed by atoms with E-state index in [0.29, 0.717) is 19.8 Å². The normalized spacial score (nSPS) is 11.5. The average molecular weight is 238 g/mol. The molecule has 0 aromatic carbocycles. The first kappa shape index (κ1) is 13.9. The SMILES string of the molecule is CNc1ccnc(COCCOC(C)(C)C)c1. The van der Waals surface area contributed by atoms with Gasteiger partial charge >= 0.3 is 0 Å². The molecule has 0 amide bonds. The minimum Gasteiger partial charge on any atom is -0.388 e. The summed E-state index contributed by atoms with van der Waals surface area (Å²) in [6, 6.07) is 3.90. The highest BCUT2D eigenvalue weighted by atomic mass is 16.5. The molecule has 4 heteroatoms. The maximum atomic E-state index is 5.55. The molecule has 0 aliphatic heterocycles. The quantitative estimate of drug-likeness (QED) is 0.773. The highest BCUT2D eigenvalue weighted by Crippen LogP contribution is 2.08. The lowest BCUT2D eigenvalue weighted by Gasteiger charge is -2.19. The van der Waals surface area contributed by atoms with Gasteiger partial charge in [0.05, 0.1) is 31.1 Å². The van der Waals surface area contributed by atoms with Crippen LogP contribution in [0.4, 0.5) is 5.69 Å². The Balaban J connectivity index is 2.22. The fourth-order valence-electron chi connectivity index (χ4n) is 1.30. The standard InChI is InChI=1S/C13H22N2O2/c1-13(2,3)17-8-7-16-10-12-9-11(14-4)5-6-15-12/h5-6,9H,7-8,10H2,1-4H3,(H,14,15). The van der Waals surface area contributed by atoms with Crippen LogP contribution in [-0.2, 0) is 16.1 Å². The van der Waals surface area contributed by atoms with Crippen LogP contribution in [0.3, 0.4) is 0 Å². The van der Waals surface area contributed by atoms with Gasteiger partial charge in [-0.1, -0.05) is 0 Å². The molecular weight excluding hydrogens is 216 g/mol. The van der Waals surface area contributed by atoms with Gasteiger partial charge in [-0.15, -0.1) is 0 Å². The molecule has 1 aromatic heterocycles. The van der Waals surface area contributed by atoms with Gasteiger partial charge in [0.25, 0.3) is 0 Å². The molecule has 0 saturated heterocycles. The number of aromatic nitrogens is 1. The van der Waals surface area contributed by atoms with Crippen molar-refractivity contribution < 1.29 is 9.47 Å². The number of ether oxygens (including phenoxy) is 2. The van der Waals surface area contributed by atoms with E-state index in [1.54, 1.807) is 6.20 Å². The molecule has 4 nitrogen and oxygen atoms in total. The van der Waals surface area contributed by atoms with E-state index >= 15 is 0 Å². The van der Waals surface area contributed by atoms with Crippen LogP contribution in [0.1, 0.15) is 26.5 Å². The highest BCUT2D eigenvalue weighted by molar-refractivity contribution is 5.42. The summed E-state index contributed by atoms with van der Waals surface area (Å²) in [5.41, 5.74) is 1.87. The number of hydrogen-bond acceptors (Lipinski definition) is 4. The second-order valence-corrected chi connectivity index (χ2v) is 4.80. The Kier molecular flexibility index (Phi) is 5.38. The molecule has 0 atom stereocenters. The summed E-state index contributed by atoms with van der Waals surface area (Å²) in [5.74, 6) is 0. The van der Waals surface area contributed by atoms with Crippen molar-refractivity contribution in [2.45, 2.75) is 33.0 Å². The lowest BCUT2D eigenvalue weighted by atomic mass is 10.2. The highest BCUT2D eigenvalue weighted by Gasteiger charge is 2.08. The summed E-state index contributed by atoms with van der Waals surface area (Å²) in [7, 11) is 1.89. The summed E-state index contributed by atoms with van der Waals surface area (Å²) in [6.07, 6.45) is 1.77. The van der Waals surface area contributed by atoms with Crippen LogP contribution in [0.25, 0.3) is 0 Å². The molecule has 0 unspecified atom stereocenters. The van der Waals surface area contributed by atoms with Gasteiger partial charge in [0.2, 0.25) is 0 Å². The van der Waals surface area contributed by atoms with Crippen molar-refractivity contribution >= 4 is 5.69 Å². The van der Waals surface area contributed by atoms with E-state index in [4.69, 9.17) is 9.47 Å². The van der Waals surface area contributed by atoms with Crippen molar-refractivity contribution in [1.29, 1.82) is 0 Å². The Labute approximate surface area is 103 Å². The topological polar surface area (TPSA) is 43.4 Å². The number of anilines is 1. The minimum absolute atomic E-state index is 0.104. The van der Waals surface area contributed by atoms with Crippen LogP contribution < -0.4 is 5.32 Å². The van der Waals surface area contributed by atoms with E-state index in [-0.39, 0.29) is 5.60 Å². The minimum atomic E-state index is -0.104. The van der Waals surface area contributed by atoms with Crippen LogP contribution in [-0.4, -0.2) is 30.8 Å². The maximum Gasteiger partial charge on any atom is 0.0889 e. The van der Waals surface area contributed by atoms with Crippen molar-refractivity contribution in [3.05, 3.63) is 24.0 Å². The van der Waals surface area contributed by atoms with E-state index in [0.717, 1.165) is 11.4 Å². The Bertz CT molecular complexity index is 334. The van der Waals surface area contributed by atoms with E-state index < -0.39 is 0 Å². The third-order valence-corrected chi connectivity index (χ3v) is 2.12. The monoisotopic (exact) mass is 238 g/mol. The molecule has 0 radical (unpaired) electrons. The number of rotatable bonds is 6. The molecule has 0 aliphatic carbocycles. The van der Waals surface area contributed by atoms with E-state index in [1.165, 1.54) is 0 Å². The number of hydrogen-bond donors (Lipinski definition) is 1. The first-order valence-electron chi connectivity index (χ1n) is 5.85. The van der Waals surface area contributed by atoms with Crippen molar-refractivity contribution in [2.24, 2.45) is 0 Å². The molecule has 0 aliphatic rings. The molecule has 96 valence electrons. The first-order chi connectivity index (χ1) is 8.01. The van der Waals surface area contributed by atoms with Gasteiger partial charge in [0.15, 0.2) is 0 Å². The Morgan fingerprint density at radius 1 is 1.29 bits per heavy atom. The van der Waals surface area contributed by atoms with E-state index in [1.807, 2.05) is 40.0 Å². The molecule has 1 heterocycles. The van der Waals surface area contributed by atoms with Crippen molar-refractivity contribution in [3.8, 4) is 0 Å². The van der Waals surface area contributed by atoms with Gasteiger partial charge in [-0.25, -0.2) is 0 Å². The van der Waals surface area contributed by atoms with Gasteiger partial charge < -0.3 is 14.8 Å². The zero-order chi connectivity index (χ0) is 12.7. The molecule has 1 aromatic rings. The molecule has 1 N–H and O–H groups in total. The summed E-state index contributed by atoms with van der Waals surface area (Å²) in [4.78, 5) is 4.23. The van der Waals surface area contributed by atoms with Crippen molar-refractivity contribution in [3.63, 3.8) is 0 Å². The van der Waals surface area contributed by atoms with Gasteiger partial charge in [-0.2, -0.15) is 0 Å². The number of nitrogens with one attached hydrogen (secondary N) is 1. The first-order valence-corrected chi connectivity index (χ1v) is 5.85. The van der Waals surface area contributed by atoms with Gasteiger partial charge in [0, 0.05) is 18.9 Å². The third-order valence-electron chi connectivity index (χ3n) is 2.12. The summed E-state index contributed by atoms with van der Waals surface area (Å²) >= 11 is 0. The number of nitrogens with zero attached hydrogens (tertiary/aromatic N) is 1. The predicted molar refractivity (Wildman–Crippen MR) is 69.1 cm³/mol. The lowest BCUT2D eigenvalue weighted by molar-refractivity contribution is -0.0380. The van der Waals surface area contributed by atoms with Crippen LogP contribution in [0.2, 0.25) is 0 Å². The van der Waals surface area contributed by atoms with Crippen LogP contribution in [0.5, 0.6) is 0 Å². The second-order valence-electron chi connectivity index (χ2n) is 4.80. The van der Waals surface area contributed by atoms with Crippen molar-refractivity contribution in [2.75, 3.05) is 25.6 Å². The second kappa shape index (κ2) is 6.57. The third kappa shape index (κ3) is 6.24. The zero-order valence-corrected chi connectivity index (χ0v) is 11.1. The zero-order valence-electron chi connectivity index (χ0n) is 11.1. The fraction of sp³-hybridized carbons (Fsp3) is 0.615. The fourth-order valence-corrected chi connectivity index (χ4v) is 1.30. The maximum absolute atomic E-state index is 5.55. The molecule has 0 spiro atoms. The average Bonchev–Trinajstić information content (AvgIpc) is 2.27. The molecule has 0 bridgehead atoms.